The number of hydrogen-bond donors (Lipinski definition) is 2. The number of hydrazine groups is 1. The molecule has 184 valence electrons. The number of rotatable bonds is 5. The summed E-state index contributed by atoms with van der Waals surface area (Å²) in [4.78, 5) is 13.2. The highest BCUT2D eigenvalue weighted by molar-refractivity contribution is 6.30. The molecule has 37 heavy (non-hydrogen) atoms. The maximum atomic E-state index is 13.2. The van der Waals surface area contributed by atoms with E-state index in [-0.39, 0.29) is 12.8 Å². The molecule has 0 atom stereocenters. The van der Waals surface area contributed by atoms with Gasteiger partial charge in [0.05, 0.1) is 12.2 Å². The summed E-state index contributed by atoms with van der Waals surface area (Å²) in [5, 5.41) is 5.15. The van der Waals surface area contributed by atoms with E-state index in [1.165, 1.54) is 0 Å². The van der Waals surface area contributed by atoms with E-state index in [1.807, 2.05) is 48.5 Å². The Morgan fingerprint density at radius 2 is 1.54 bits per heavy atom. The van der Waals surface area contributed by atoms with Crippen LogP contribution >= 0.6 is 11.6 Å². The number of carbonyl (C=O) groups excluding carboxylic acids is 1. The monoisotopic (exact) mass is 511 g/mol. The third kappa shape index (κ3) is 4.90. The number of carbonyl (C=O) groups is 1. The molecule has 2 amide bonds. The second-order valence-electron chi connectivity index (χ2n) is 8.50. The molecule has 2 N–H and O–H groups in total. The van der Waals surface area contributed by atoms with Crippen molar-refractivity contribution < 1.29 is 19.0 Å². The van der Waals surface area contributed by atoms with Gasteiger partial charge < -0.3 is 19.5 Å². The number of nitrogens with one attached hydrogen (secondary N) is 2. The van der Waals surface area contributed by atoms with Crippen LogP contribution in [-0.2, 0) is 0 Å². The molecule has 6 rings (SSSR count). The van der Waals surface area contributed by atoms with Crippen LogP contribution in [0.5, 0.6) is 23.0 Å². The van der Waals surface area contributed by atoms with E-state index in [0.717, 1.165) is 28.1 Å². The van der Waals surface area contributed by atoms with Gasteiger partial charge in [-0.05, 0) is 71.8 Å². The first kappa shape index (κ1) is 22.8. The quantitative estimate of drug-likeness (QED) is 0.309. The summed E-state index contributed by atoms with van der Waals surface area (Å²) >= 11 is 5.93. The molecule has 0 saturated heterocycles. The maximum Gasteiger partial charge on any atom is 0.340 e. The lowest BCUT2D eigenvalue weighted by molar-refractivity contribution is 0.174. The van der Waals surface area contributed by atoms with Crippen LogP contribution < -0.4 is 25.0 Å². The summed E-state index contributed by atoms with van der Waals surface area (Å²) in [6.07, 6.45) is 0. The van der Waals surface area contributed by atoms with Gasteiger partial charge in [-0.15, -0.1) is 0 Å². The number of fused-ring (bicyclic) bond motifs is 1. The van der Waals surface area contributed by atoms with Crippen LogP contribution in [0, 0.1) is 0 Å². The fourth-order valence-electron chi connectivity index (χ4n) is 4.20. The van der Waals surface area contributed by atoms with Gasteiger partial charge in [0, 0.05) is 16.3 Å². The molecule has 0 saturated carbocycles. The van der Waals surface area contributed by atoms with Crippen molar-refractivity contribution in [2.75, 3.05) is 18.7 Å². The van der Waals surface area contributed by atoms with Crippen LogP contribution in [0.1, 0.15) is 11.1 Å². The number of benzene rings is 4. The van der Waals surface area contributed by atoms with Crippen LogP contribution in [-0.4, -0.2) is 24.4 Å². The Morgan fingerprint density at radius 3 is 2.30 bits per heavy atom. The fraction of sp³-hybridized carbons (Fsp3) is 0.0690. The molecule has 2 aliphatic heterocycles. The molecule has 8 heteroatoms. The van der Waals surface area contributed by atoms with Gasteiger partial charge >= 0.3 is 6.03 Å². The third-order valence-corrected chi connectivity index (χ3v) is 6.30. The highest BCUT2D eigenvalue weighted by Crippen LogP contribution is 2.38. The van der Waals surface area contributed by atoms with E-state index in [9.17, 15) is 4.79 Å². The summed E-state index contributed by atoms with van der Waals surface area (Å²) in [6.45, 7) is 0.577. The number of amides is 2. The molecular formula is C29H22ClN3O4. The van der Waals surface area contributed by atoms with Crippen LogP contribution in [0.25, 0.3) is 11.3 Å². The lowest BCUT2D eigenvalue weighted by atomic mass is 10.0. The van der Waals surface area contributed by atoms with Gasteiger partial charge in [0.2, 0.25) is 6.79 Å². The van der Waals surface area contributed by atoms with Crippen LogP contribution in [0.15, 0.2) is 97.1 Å². The molecule has 0 bridgehead atoms. The third-order valence-electron chi connectivity index (χ3n) is 6.05. The average molecular weight is 512 g/mol. The first-order valence-electron chi connectivity index (χ1n) is 11.7. The Bertz CT molecular complexity index is 1470. The topological polar surface area (TPSA) is 72.1 Å². The molecule has 0 aliphatic carbocycles. The van der Waals surface area contributed by atoms with Gasteiger partial charge in [-0.3, -0.25) is 5.43 Å². The van der Waals surface area contributed by atoms with Gasteiger partial charge in [0.1, 0.15) is 11.5 Å². The minimum atomic E-state index is -0.282. The van der Waals surface area contributed by atoms with Gasteiger partial charge in [0.25, 0.3) is 0 Å². The second-order valence-corrected chi connectivity index (χ2v) is 8.93. The smallest absolute Gasteiger partial charge is 0.340 e. The van der Waals surface area contributed by atoms with Crippen molar-refractivity contribution in [3.63, 3.8) is 0 Å². The average Bonchev–Trinajstić information content (AvgIpc) is 3.59. The largest absolute Gasteiger partial charge is 0.457 e. The first-order chi connectivity index (χ1) is 18.1. The molecule has 7 nitrogen and oxygen atoms in total. The van der Waals surface area contributed by atoms with E-state index in [2.05, 4.69) is 10.7 Å². The minimum Gasteiger partial charge on any atom is -0.457 e. The van der Waals surface area contributed by atoms with Crippen molar-refractivity contribution in [1.29, 1.82) is 0 Å². The number of ether oxygens (including phenoxy) is 3. The maximum absolute atomic E-state index is 13.2. The summed E-state index contributed by atoms with van der Waals surface area (Å²) in [6, 6.07) is 29.8. The number of anilines is 1. The number of hydrogen-bond acceptors (Lipinski definition) is 5. The lowest BCUT2D eigenvalue weighted by Crippen LogP contribution is -2.40. The van der Waals surface area contributed by atoms with Gasteiger partial charge in [-0.25, -0.2) is 9.80 Å². The fourth-order valence-corrected chi connectivity index (χ4v) is 4.33. The predicted octanol–water partition coefficient (Wildman–Crippen LogP) is 6.78. The molecular weight excluding hydrogens is 490 g/mol. The lowest BCUT2D eigenvalue weighted by Gasteiger charge is -2.19. The Morgan fingerprint density at radius 1 is 0.838 bits per heavy atom. The SMILES string of the molecule is O=C(Nc1ccc(Oc2ccc(Cl)cc2)cc1)N1CC(c2ccc3c(c2)OCO3)=C(c2ccccc2)N1. The van der Waals surface area contributed by atoms with Crippen molar-refractivity contribution >= 4 is 34.6 Å². The van der Waals surface area contributed by atoms with E-state index in [0.29, 0.717) is 34.5 Å². The van der Waals surface area contributed by atoms with Gasteiger partial charge in [-0.2, -0.15) is 0 Å². The number of urea groups is 1. The summed E-state index contributed by atoms with van der Waals surface area (Å²) in [7, 11) is 0. The van der Waals surface area contributed by atoms with Crippen LogP contribution in [0.3, 0.4) is 0 Å². The minimum absolute atomic E-state index is 0.208. The molecule has 0 aromatic heterocycles. The van der Waals surface area contributed by atoms with E-state index in [1.54, 1.807) is 53.5 Å². The van der Waals surface area contributed by atoms with Crippen molar-refractivity contribution in [3.8, 4) is 23.0 Å². The Kier molecular flexibility index (Phi) is 6.04. The molecule has 0 unspecified atom stereocenters. The van der Waals surface area contributed by atoms with Crippen molar-refractivity contribution in [1.82, 2.24) is 10.4 Å². The van der Waals surface area contributed by atoms with Crippen LogP contribution in [0.2, 0.25) is 5.02 Å². The molecule has 0 radical (unpaired) electrons. The summed E-state index contributed by atoms with van der Waals surface area (Å²) in [5.41, 5.74) is 7.71. The number of nitrogens with zero attached hydrogens (tertiary/aromatic N) is 1. The van der Waals surface area contributed by atoms with Gasteiger partial charge in [-0.1, -0.05) is 48.0 Å². The predicted molar refractivity (Wildman–Crippen MR) is 143 cm³/mol. The van der Waals surface area contributed by atoms with E-state index >= 15 is 0 Å². The van der Waals surface area contributed by atoms with Crippen molar-refractivity contribution in [2.45, 2.75) is 0 Å². The first-order valence-corrected chi connectivity index (χ1v) is 12.1. The van der Waals surface area contributed by atoms with Gasteiger partial charge in [0.15, 0.2) is 11.5 Å². The zero-order valence-corrected chi connectivity index (χ0v) is 20.4. The molecule has 0 fully saturated rings. The number of halogens is 1. The highest BCUT2D eigenvalue weighted by atomic mass is 35.5. The molecule has 0 spiro atoms. The van der Waals surface area contributed by atoms with Crippen molar-refractivity contribution in [2.24, 2.45) is 0 Å². The summed E-state index contributed by atoms with van der Waals surface area (Å²) in [5.74, 6) is 2.74. The van der Waals surface area contributed by atoms with Crippen molar-refractivity contribution in [3.05, 3.63) is 113 Å². The summed E-state index contributed by atoms with van der Waals surface area (Å²) < 4.78 is 16.9. The van der Waals surface area contributed by atoms with Crippen LogP contribution in [0.4, 0.5) is 10.5 Å². The molecule has 2 heterocycles. The van der Waals surface area contributed by atoms with E-state index in [4.69, 9.17) is 25.8 Å². The zero-order valence-electron chi connectivity index (χ0n) is 19.6. The second kappa shape index (κ2) is 9.79. The molecule has 4 aromatic rings. The highest BCUT2D eigenvalue weighted by Gasteiger charge is 2.28. The molecule has 2 aliphatic rings. The normalized spacial score (nSPS) is 13.9. The molecule has 4 aromatic carbocycles. The Hall–Kier alpha value is -4.62. The Balaban J connectivity index is 1.18. The Labute approximate surface area is 218 Å². The standard InChI is InChI=1S/C29H22ClN3O4/c30-21-7-11-23(12-8-21)37-24-13-9-22(10-14-24)31-29(34)33-17-25(28(32-33)19-4-2-1-3-5-19)20-6-15-26-27(16-20)36-18-35-26/h1-16,32H,17-18H2,(H,31,34). The zero-order chi connectivity index (χ0) is 25.2. The van der Waals surface area contributed by atoms with E-state index < -0.39 is 0 Å².